The van der Waals surface area contributed by atoms with Gasteiger partial charge in [0, 0.05) is 76.8 Å². The van der Waals surface area contributed by atoms with E-state index in [1.807, 2.05) is 102 Å². The van der Waals surface area contributed by atoms with Gasteiger partial charge in [0.25, 0.3) is 0 Å². The molecular weight excluding hydrogens is 1180 g/mol. The third-order valence-corrected chi connectivity index (χ3v) is 16.2. The number of urea groups is 2. The van der Waals surface area contributed by atoms with Crippen LogP contribution in [0.2, 0.25) is 0 Å². The van der Waals surface area contributed by atoms with E-state index < -0.39 is 94.3 Å². The lowest BCUT2D eigenvalue weighted by Crippen LogP contribution is -2.60. The van der Waals surface area contributed by atoms with Gasteiger partial charge in [0.2, 0.25) is 35.4 Å². The Kier molecular flexibility index (Phi) is 26.4. The van der Waals surface area contributed by atoms with E-state index in [0.29, 0.717) is 76.1 Å². The van der Waals surface area contributed by atoms with Crippen LogP contribution in [0.4, 0.5) is 30.6 Å². The summed E-state index contributed by atoms with van der Waals surface area (Å²) >= 11 is 0. The topological polar surface area (TPSA) is 281 Å². The van der Waals surface area contributed by atoms with Crippen LogP contribution in [0.1, 0.15) is 134 Å². The minimum Gasteiger partial charge on any atom is -0.444 e. The number of likely N-dealkylation sites (N-methyl/N-ethyl adjacent to an activating group) is 2. The van der Waals surface area contributed by atoms with Crippen LogP contribution in [-0.2, 0) is 51.1 Å². The van der Waals surface area contributed by atoms with E-state index in [0.717, 1.165) is 11.1 Å². The van der Waals surface area contributed by atoms with Crippen molar-refractivity contribution in [2.24, 2.45) is 10.8 Å². The summed E-state index contributed by atoms with van der Waals surface area (Å²) < 4.78 is 10.9. The molecule has 2 saturated heterocycles. The molecule has 92 heavy (non-hydrogen) atoms. The highest BCUT2D eigenvalue weighted by Gasteiger charge is 2.44. The van der Waals surface area contributed by atoms with E-state index in [9.17, 15) is 47.9 Å². The highest BCUT2D eigenvalue weighted by molar-refractivity contribution is 5.96. The minimum absolute atomic E-state index is 0.176. The number of nitrogens with one attached hydrogen (secondary N) is 6. The Bertz CT molecular complexity index is 2810. The molecule has 0 radical (unpaired) electrons. The van der Waals surface area contributed by atoms with Crippen molar-refractivity contribution in [2.45, 2.75) is 183 Å². The van der Waals surface area contributed by atoms with Gasteiger partial charge in [0.05, 0.1) is 13.1 Å². The summed E-state index contributed by atoms with van der Waals surface area (Å²) in [5.74, 6) is -2.41. The number of ether oxygens (including phenoxy) is 2. The molecule has 6 atom stereocenters. The van der Waals surface area contributed by atoms with Gasteiger partial charge in [0.1, 0.15) is 35.4 Å². The average Bonchev–Trinajstić information content (AvgIpc) is 1.55. The lowest BCUT2D eigenvalue weighted by atomic mass is 9.85. The summed E-state index contributed by atoms with van der Waals surface area (Å²) in [6.45, 7) is 25.7. The van der Waals surface area contributed by atoms with Crippen molar-refractivity contribution in [1.82, 2.24) is 50.7 Å². The fraction of sp³-hybridized carbons (Fsp3) is 0.588. The first-order chi connectivity index (χ1) is 42.9. The molecule has 2 heterocycles. The van der Waals surface area contributed by atoms with Crippen LogP contribution < -0.4 is 31.9 Å². The molecule has 2 aliphatic heterocycles. The second kappa shape index (κ2) is 32.7. The van der Waals surface area contributed by atoms with Crippen molar-refractivity contribution in [2.75, 3.05) is 77.1 Å². The average molecular weight is 1280 g/mol. The Labute approximate surface area is 543 Å². The fourth-order valence-corrected chi connectivity index (χ4v) is 10.6. The maximum absolute atomic E-state index is 14.5. The molecule has 0 spiro atoms. The molecule has 0 aliphatic carbocycles. The monoisotopic (exact) mass is 1280 g/mol. The Morgan fingerprint density at radius 3 is 1.13 bits per heavy atom. The predicted octanol–water partition coefficient (Wildman–Crippen LogP) is 7.63. The second-order valence-corrected chi connectivity index (χ2v) is 28.1. The van der Waals surface area contributed by atoms with Crippen LogP contribution in [0.5, 0.6) is 0 Å². The van der Waals surface area contributed by atoms with Gasteiger partial charge in [-0.3, -0.25) is 38.6 Å². The van der Waals surface area contributed by atoms with E-state index in [4.69, 9.17) is 9.47 Å². The molecule has 2 aliphatic rings. The van der Waals surface area contributed by atoms with Crippen molar-refractivity contribution >= 4 is 71.1 Å². The highest BCUT2D eigenvalue weighted by Crippen LogP contribution is 2.29. The minimum atomic E-state index is -0.964. The third-order valence-electron chi connectivity index (χ3n) is 16.2. The van der Waals surface area contributed by atoms with Gasteiger partial charge in [0.15, 0.2) is 0 Å². The summed E-state index contributed by atoms with van der Waals surface area (Å²) in [5, 5.41) is 16.6. The summed E-state index contributed by atoms with van der Waals surface area (Å²) in [5.41, 5.74) is -0.311. The van der Waals surface area contributed by atoms with Gasteiger partial charge in [-0.2, -0.15) is 0 Å². The fourth-order valence-electron chi connectivity index (χ4n) is 10.6. The molecule has 506 valence electrons. The molecule has 0 saturated carbocycles. The normalized spacial score (nSPS) is 16.3. The maximum Gasteiger partial charge on any atom is 0.410 e. The molecule has 0 aromatic heterocycles. The summed E-state index contributed by atoms with van der Waals surface area (Å²) in [6.07, 6.45) is 2.22. The van der Waals surface area contributed by atoms with Crippen molar-refractivity contribution in [1.29, 1.82) is 0 Å². The van der Waals surface area contributed by atoms with Gasteiger partial charge in [-0.05, 0) is 140 Å². The Balaban J connectivity index is 1.18. The van der Waals surface area contributed by atoms with Crippen LogP contribution in [0.25, 0.3) is 0 Å². The predicted molar refractivity (Wildman–Crippen MR) is 353 cm³/mol. The first kappa shape index (κ1) is 74.3. The molecule has 12 amide bonds. The van der Waals surface area contributed by atoms with Crippen molar-refractivity contribution in [3.63, 3.8) is 0 Å². The van der Waals surface area contributed by atoms with Crippen LogP contribution in [-0.4, -0.2) is 203 Å². The Morgan fingerprint density at radius 1 is 0.500 bits per heavy atom. The number of likely N-dealkylation sites (tertiary alicyclic amines) is 2. The molecule has 2 fully saturated rings. The molecule has 0 unspecified atom stereocenters. The van der Waals surface area contributed by atoms with Crippen LogP contribution >= 0.6 is 0 Å². The molecule has 6 N–H and O–H groups in total. The van der Waals surface area contributed by atoms with Crippen LogP contribution in [0.15, 0.2) is 84.9 Å². The zero-order chi connectivity index (χ0) is 68.5. The van der Waals surface area contributed by atoms with E-state index in [-0.39, 0.29) is 49.8 Å². The maximum atomic E-state index is 14.5. The van der Waals surface area contributed by atoms with Gasteiger partial charge in [-0.25, -0.2) is 19.2 Å². The molecule has 0 bridgehead atoms. The SMILES string of the molecule is C[C@@H](C(=O)N[C@H](C(=O)N1CCC[C@H]1CN(CCc1ccccc1)C(=O)CNC(=O)Nc1ccc(NC(=O)NCC(=O)N(CCc2ccccc2)C[C@@H]2CCCN2C(=O)[C@@H](NC(=O)[C@H](C)N(C)C(=O)OC(C)(C)C)C(C)(C)C)cc1)C(C)(C)C)N(C)C(=O)OC(C)(C)C. The number of anilines is 2. The van der Waals surface area contributed by atoms with Gasteiger partial charge < -0.3 is 61.0 Å². The summed E-state index contributed by atoms with van der Waals surface area (Å²) in [7, 11) is 2.94. The van der Waals surface area contributed by atoms with Crippen LogP contribution in [0, 0.1) is 10.8 Å². The standard InChI is InChI=1S/C68H102N12O12/c1-45(75(15)63(89)91-67(9,10)11)57(83)73-55(65(3,4)5)59(85)79-37-23-29-51(79)43-77(39-35-47-25-19-17-20-26-47)53(81)41-69-61(87)71-49-31-33-50(34-32-49)72-62(88)70-42-54(82)78(40-36-48-27-21-18-22-28-48)44-52-30-24-38-80(52)60(86)56(66(6,7)8)74-58(84)46(2)76(16)64(90)92-68(12,13)14/h17-22,25-28,31-34,45-46,51-52,55-56H,23-24,29-30,35-44H2,1-16H3,(H,73,83)(H,74,84)(H2,69,71,87)(H2,70,72,88)/t45-,46-,51-,52-,55+,56+/m0/s1. The number of carbonyl (C=O) groups excluding carboxylic acids is 10. The smallest absolute Gasteiger partial charge is 0.410 e. The van der Waals surface area contributed by atoms with Gasteiger partial charge in [-0.15, -0.1) is 0 Å². The zero-order valence-electron chi connectivity index (χ0n) is 57.0. The lowest BCUT2D eigenvalue weighted by Gasteiger charge is -2.38. The quantitative estimate of drug-likeness (QED) is 0.0505. The van der Waals surface area contributed by atoms with E-state index in [1.165, 1.54) is 23.9 Å². The van der Waals surface area contributed by atoms with Crippen molar-refractivity contribution in [3.8, 4) is 0 Å². The Morgan fingerprint density at radius 2 is 0.826 bits per heavy atom. The number of hydrogen-bond acceptors (Lipinski definition) is 12. The van der Waals surface area contributed by atoms with Crippen LogP contribution in [0.3, 0.4) is 0 Å². The first-order valence-corrected chi connectivity index (χ1v) is 31.9. The molecule has 3 aromatic rings. The third kappa shape index (κ3) is 23.0. The molecule has 24 heteroatoms. The van der Waals surface area contributed by atoms with Gasteiger partial charge in [-0.1, -0.05) is 102 Å². The molecular formula is C68H102N12O12. The van der Waals surface area contributed by atoms with E-state index in [1.54, 1.807) is 99.3 Å². The lowest BCUT2D eigenvalue weighted by molar-refractivity contribution is -0.142. The number of benzene rings is 3. The first-order valence-electron chi connectivity index (χ1n) is 31.9. The zero-order valence-corrected chi connectivity index (χ0v) is 57.0. The van der Waals surface area contributed by atoms with Crippen molar-refractivity contribution < 1.29 is 57.4 Å². The molecule has 24 nitrogen and oxygen atoms in total. The number of carbonyl (C=O) groups is 10. The van der Waals surface area contributed by atoms with Gasteiger partial charge >= 0.3 is 24.2 Å². The largest absolute Gasteiger partial charge is 0.444 e. The second-order valence-electron chi connectivity index (χ2n) is 28.1. The number of nitrogens with zero attached hydrogens (tertiary/aromatic N) is 6. The number of rotatable bonds is 24. The van der Waals surface area contributed by atoms with E-state index in [2.05, 4.69) is 31.9 Å². The number of hydrogen-bond donors (Lipinski definition) is 6. The number of amides is 12. The van der Waals surface area contributed by atoms with E-state index >= 15 is 0 Å². The van der Waals surface area contributed by atoms with Crippen molar-refractivity contribution in [3.05, 3.63) is 96.1 Å². The summed E-state index contributed by atoms with van der Waals surface area (Å²) in [6, 6.07) is 19.6. The summed E-state index contributed by atoms with van der Waals surface area (Å²) in [4.78, 5) is 146. The molecule has 3 aromatic carbocycles. The molecule has 5 rings (SSSR count). The Hall–Kier alpha value is -8.44. The highest BCUT2D eigenvalue weighted by atomic mass is 16.6.